The Morgan fingerprint density at radius 2 is 1.36 bits per heavy atom. The maximum absolute atomic E-state index is 12.9. The van der Waals surface area contributed by atoms with Crippen LogP contribution in [0.3, 0.4) is 0 Å². The Morgan fingerprint density at radius 3 is 2.14 bits per heavy atom. The van der Waals surface area contributed by atoms with E-state index in [9.17, 15) is 14.4 Å². The van der Waals surface area contributed by atoms with Gasteiger partial charge in [-0.05, 0) is 36.4 Å². The number of carbonyl (C=O) groups is 3. The summed E-state index contributed by atoms with van der Waals surface area (Å²) in [5.41, 5.74) is 3.05. The number of benzene rings is 3. The highest BCUT2D eigenvalue weighted by Crippen LogP contribution is 2.24. The fourth-order valence-corrected chi connectivity index (χ4v) is 3.07. The molecule has 0 fully saturated rings. The molecule has 1 heterocycles. The van der Waals surface area contributed by atoms with E-state index in [-0.39, 0.29) is 17.3 Å². The van der Waals surface area contributed by atoms with Crippen molar-refractivity contribution in [2.24, 2.45) is 0 Å². The monoisotopic (exact) mass is 365 g/mol. The first-order valence-electron chi connectivity index (χ1n) is 8.73. The largest absolute Gasteiger partial charge is 0.289 e. The van der Waals surface area contributed by atoms with Crippen molar-refractivity contribution < 1.29 is 14.4 Å². The molecule has 0 spiro atoms. The Labute approximate surface area is 162 Å². The van der Waals surface area contributed by atoms with Gasteiger partial charge in [0.05, 0.1) is 11.1 Å². The number of carbonyl (C=O) groups excluding carboxylic acids is 3. The van der Waals surface area contributed by atoms with Crippen LogP contribution in [0.4, 0.5) is 0 Å². The average molecular weight is 365 g/mol. The summed E-state index contributed by atoms with van der Waals surface area (Å²) in [5.74, 6) is 5.17. The molecule has 0 aliphatic carbocycles. The van der Waals surface area contributed by atoms with Gasteiger partial charge in [0.15, 0.2) is 5.78 Å². The fourth-order valence-electron chi connectivity index (χ4n) is 3.07. The third-order valence-corrected chi connectivity index (χ3v) is 4.60. The number of imide groups is 1. The summed E-state index contributed by atoms with van der Waals surface area (Å²) in [4.78, 5) is 38.1. The van der Waals surface area contributed by atoms with Gasteiger partial charge in [-0.2, -0.15) is 0 Å². The van der Waals surface area contributed by atoms with E-state index < -0.39 is 5.91 Å². The van der Waals surface area contributed by atoms with Crippen molar-refractivity contribution in [1.29, 1.82) is 0 Å². The molecule has 0 radical (unpaired) electrons. The standard InChI is InChI=1S/C24H15NO3/c1-25-23(27)20-13-12-19(15-21(20)24(25)28)22(26)18-9-5-8-17(14-18)11-10-16-6-3-2-4-7-16/h2-9,12-15H,1H3. The molecule has 4 rings (SSSR count). The third kappa shape index (κ3) is 3.10. The van der Waals surface area contributed by atoms with Crippen LogP contribution in [0.1, 0.15) is 47.8 Å². The number of rotatable bonds is 2. The smallest absolute Gasteiger partial charge is 0.261 e. The molecule has 0 bridgehead atoms. The predicted molar refractivity (Wildman–Crippen MR) is 105 cm³/mol. The lowest BCUT2D eigenvalue weighted by atomic mass is 9.98. The molecule has 4 nitrogen and oxygen atoms in total. The fraction of sp³-hybridized carbons (Fsp3) is 0.0417. The summed E-state index contributed by atoms with van der Waals surface area (Å²) in [7, 11) is 1.43. The average Bonchev–Trinajstić information content (AvgIpc) is 2.96. The zero-order valence-corrected chi connectivity index (χ0v) is 15.1. The zero-order chi connectivity index (χ0) is 19.7. The predicted octanol–water partition coefficient (Wildman–Crippen LogP) is 3.54. The van der Waals surface area contributed by atoms with Gasteiger partial charge in [0.1, 0.15) is 0 Å². The normalized spacial score (nSPS) is 12.4. The lowest BCUT2D eigenvalue weighted by molar-refractivity contribution is 0.0693. The highest BCUT2D eigenvalue weighted by molar-refractivity contribution is 6.22. The Hall–Kier alpha value is -3.97. The van der Waals surface area contributed by atoms with E-state index in [4.69, 9.17) is 0 Å². The molecule has 2 amide bonds. The Bertz CT molecular complexity index is 1180. The molecule has 0 aromatic heterocycles. The molecule has 4 heteroatoms. The van der Waals surface area contributed by atoms with Crippen molar-refractivity contribution in [3.63, 3.8) is 0 Å². The van der Waals surface area contributed by atoms with Gasteiger partial charge < -0.3 is 0 Å². The molecule has 0 unspecified atom stereocenters. The van der Waals surface area contributed by atoms with Crippen molar-refractivity contribution in [3.05, 3.63) is 106 Å². The van der Waals surface area contributed by atoms with Crippen LogP contribution in [0.15, 0.2) is 72.8 Å². The second kappa shape index (κ2) is 6.98. The van der Waals surface area contributed by atoms with Crippen molar-refractivity contribution in [2.75, 3.05) is 7.05 Å². The highest BCUT2D eigenvalue weighted by Gasteiger charge is 2.33. The second-order valence-corrected chi connectivity index (χ2v) is 6.46. The molecule has 0 atom stereocenters. The van der Waals surface area contributed by atoms with Gasteiger partial charge in [-0.3, -0.25) is 19.3 Å². The van der Waals surface area contributed by atoms with Crippen LogP contribution >= 0.6 is 0 Å². The summed E-state index contributed by atoms with van der Waals surface area (Å²) in [6, 6.07) is 21.3. The highest BCUT2D eigenvalue weighted by atomic mass is 16.2. The van der Waals surface area contributed by atoms with E-state index >= 15 is 0 Å². The topological polar surface area (TPSA) is 54.5 Å². The van der Waals surface area contributed by atoms with Crippen LogP contribution < -0.4 is 0 Å². The van der Waals surface area contributed by atoms with E-state index in [2.05, 4.69) is 11.8 Å². The van der Waals surface area contributed by atoms with Crippen LogP contribution in [0.25, 0.3) is 0 Å². The van der Waals surface area contributed by atoms with Gasteiger partial charge in [-0.1, -0.05) is 48.2 Å². The minimum absolute atomic E-state index is 0.221. The SMILES string of the molecule is CN1C(=O)c2ccc(C(=O)c3cccc(C#Cc4ccccc4)c3)cc2C1=O. The van der Waals surface area contributed by atoms with Crippen LogP contribution in [-0.4, -0.2) is 29.5 Å². The van der Waals surface area contributed by atoms with E-state index in [1.165, 1.54) is 19.2 Å². The third-order valence-electron chi connectivity index (χ3n) is 4.60. The summed E-state index contributed by atoms with van der Waals surface area (Å²) >= 11 is 0. The van der Waals surface area contributed by atoms with E-state index in [0.717, 1.165) is 16.0 Å². The first kappa shape index (κ1) is 17.4. The number of hydrogen-bond donors (Lipinski definition) is 0. The number of fused-ring (bicyclic) bond motifs is 1. The summed E-state index contributed by atoms with van der Waals surface area (Å²) in [6.07, 6.45) is 0. The Kier molecular flexibility index (Phi) is 4.35. The number of ketones is 1. The lowest BCUT2D eigenvalue weighted by Crippen LogP contribution is -2.24. The number of amides is 2. The van der Waals surface area contributed by atoms with Gasteiger partial charge in [-0.25, -0.2) is 0 Å². The molecule has 134 valence electrons. The maximum atomic E-state index is 12.9. The summed E-state index contributed by atoms with van der Waals surface area (Å²) in [6.45, 7) is 0. The molecular formula is C24H15NO3. The first-order chi connectivity index (χ1) is 13.5. The van der Waals surface area contributed by atoms with Crippen molar-refractivity contribution in [1.82, 2.24) is 4.90 Å². The number of nitrogens with zero attached hydrogens (tertiary/aromatic N) is 1. The Morgan fingerprint density at radius 1 is 0.714 bits per heavy atom. The summed E-state index contributed by atoms with van der Waals surface area (Å²) in [5, 5.41) is 0. The van der Waals surface area contributed by atoms with Crippen LogP contribution in [0, 0.1) is 11.8 Å². The molecule has 3 aromatic carbocycles. The molecular weight excluding hydrogens is 350 g/mol. The minimum Gasteiger partial charge on any atom is -0.289 e. The van der Waals surface area contributed by atoms with E-state index in [1.807, 2.05) is 36.4 Å². The van der Waals surface area contributed by atoms with Gasteiger partial charge in [-0.15, -0.1) is 0 Å². The molecule has 0 saturated heterocycles. The lowest BCUT2D eigenvalue weighted by Gasteiger charge is -2.04. The van der Waals surface area contributed by atoms with E-state index in [0.29, 0.717) is 16.7 Å². The molecule has 0 N–H and O–H groups in total. The van der Waals surface area contributed by atoms with Crippen molar-refractivity contribution in [3.8, 4) is 11.8 Å². The molecule has 0 saturated carbocycles. The maximum Gasteiger partial charge on any atom is 0.261 e. The van der Waals surface area contributed by atoms with Crippen LogP contribution in [-0.2, 0) is 0 Å². The quantitative estimate of drug-likeness (QED) is 0.397. The van der Waals surface area contributed by atoms with Gasteiger partial charge in [0.2, 0.25) is 0 Å². The number of hydrogen-bond acceptors (Lipinski definition) is 3. The second-order valence-electron chi connectivity index (χ2n) is 6.46. The van der Waals surface area contributed by atoms with Gasteiger partial charge in [0, 0.05) is 29.3 Å². The van der Waals surface area contributed by atoms with Crippen LogP contribution in [0.2, 0.25) is 0 Å². The van der Waals surface area contributed by atoms with Gasteiger partial charge >= 0.3 is 0 Å². The van der Waals surface area contributed by atoms with Crippen molar-refractivity contribution >= 4 is 17.6 Å². The van der Waals surface area contributed by atoms with Crippen molar-refractivity contribution in [2.45, 2.75) is 0 Å². The molecule has 3 aromatic rings. The van der Waals surface area contributed by atoms with Crippen LogP contribution in [0.5, 0.6) is 0 Å². The Balaban J connectivity index is 1.64. The summed E-state index contributed by atoms with van der Waals surface area (Å²) < 4.78 is 0. The van der Waals surface area contributed by atoms with Gasteiger partial charge in [0.25, 0.3) is 11.8 Å². The first-order valence-corrected chi connectivity index (χ1v) is 8.73. The minimum atomic E-state index is -0.392. The zero-order valence-electron chi connectivity index (χ0n) is 15.1. The van der Waals surface area contributed by atoms with E-state index in [1.54, 1.807) is 24.3 Å². The molecule has 1 aliphatic rings. The molecule has 1 aliphatic heterocycles. The molecule has 28 heavy (non-hydrogen) atoms.